The van der Waals surface area contributed by atoms with Crippen LogP contribution < -0.4 is 0 Å². The van der Waals surface area contributed by atoms with Crippen LogP contribution in [-0.2, 0) is 19.1 Å². The van der Waals surface area contributed by atoms with Crippen LogP contribution in [0.4, 0.5) is 4.79 Å². The number of likely N-dealkylation sites (N-methyl/N-ethyl adjacent to an activating group) is 1. The fourth-order valence-corrected chi connectivity index (χ4v) is 9.55. The van der Waals surface area contributed by atoms with Crippen molar-refractivity contribution in [2.75, 3.05) is 25.4 Å². The van der Waals surface area contributed by atoms with Gasteiger partial charge in [0.25, 0.3) is 0 Å². The van der Waals surface area contributed by atoms with Crippen LogP contribution in [0.3, 0.4) is 0 Å². The van der Waals surface area contributed by atoms with Crippen LogP contribution in [0.25, 0.3) is 11.1 Å². The fraction of sp³-hybridized carbons (Fsp3) is 0.250. The summed E-state index contributed by atoms with van der Waals surface area (Å²) in [7, 11) is 0. The molecule has 2 aliphatic rings. The van der Waals surface area contributed by atoms with Crippen LogP contribution >= 0.6 is 11.8 Å². The van der Waals surface area contributed by atoms with Gasteiger partial charge >= 0.3 is 12.1 Å². The molecule has 1 aliphatic heterocycles. The van der Waals surface area contributed by atoms with Gasteiger partial charge in [0.2, 0.25) is 5.91 Å². The molecule has 0 unspecified atom stereocenters. The lowest BCUT2D eigenvalue weighted by Crippen LogP contribution is -2.54. The monoisotopic (exact) mass is 710 g/mol. The highest BCUT2D eigenvalue weighted by Gasteiger charge is 2.43. The number of carbonyl (C=O) groups excluding carboxylic acids is 2. The molecule has 5 aromatic rings. The Balaban J connectivity index is 1.12. The summed E-state index contributed by atoms with van der Waals surface area (Å²) in [6.07, 6.45) is 0.524. The maximum atomic E-state index is 14.4. The SMILES string of the molecule is CCN(C(=O)[C@@H]1CCCN1C(=O)OCC1c2ccccc2-c2ccccc21)[C@@H](CSC(c1ccccc1)(c1ccccc1)c1ccccc1)C(=O)O. The van der Waals surface area contributed by atoms with E-state index in [2.05, 4.69) is 60.7 Å². The molecule has 264 valence electrons. The zero-order chi connectivity index (χ0) is 36.1. The quantitative estimate of drug-likeness (QED) is 0.131. The van der Waals surface area contributed by atoms with Crippen molar-refractivity contribution in [1.82, 2.24) is 9.80 Å². The van der Waals surface area contributed by atoms with E-state index in [0.717, 1.165) is 38.9 Å². The number of nitrogens with zero attached hydrogens (tertiary/aromatic N) is 2. The summed E-state index contributed by atoms with van der Waals surface area (Å²) >= 11 is 1.51. The number of carboxylic acids is 1. The summed E-state index contributed by atoms with van der Waals surface area (Å²) < 4.78 is 5.21. The molecule has 1 aliphatic carbocycles. The fourth-order valence-electron chi connectivity index (χ4n) is 7.91. The number of hydrogen-bond acceptors (Lipinski definition) is 5. The number of hydrogen-bond donors (Lipinski definition) is 1. The second-order valence-corrected chi connectivity index (χ2v) is 14.5. The molecular weight excluding hydrogens is 669 g/mol. The number of amides is 2. The van der Waals surface area contributed by atoms with E-state index >= 15 is 0 Å². The van der Waals surface area contributed by atoms with Gasteiger partial charge in [0.05, 0.1) is 4.75 Å². The lowest BCUT2D eigenvalue weighted by molar-refractivity contribution is -0.150. The van der Waals surface area contributed by atoms with Crippen LogP contribution in [0.1, 0.15) is 53.5 Å². The molecule has 1 fully saturated rings. The van der Waals surface area contributed by atoms with Gasteiger partial charge in [-0.15, -0.1) is 11.8 Å². The van der Waals surface area contributed by atoms with Crippen LogP contribution in [0.15, 0.2) is 140 Å². The number of rotatable bonds is 12. The molecule has 8 heteroatoms. The van der Waals surface area contributed by atoms with Crippen molar-refractivity contribution in [2.45, 2.75) is 42.5 Å². The predicted molar refractivity (Wildman–Crippen MR) is 205 cm³/mol. The Morgan fingerprint density at radius 3 is 1.73 bits per heavy atom. The normalized spacial score (nSPS) is 15.8. The van der Waals surface area contributed by atoms with Gasteiger partial charge in [0, 0.05) is 24.8 Å². The molecule has 0 aromatic heterocycles. The number of thioether (sulfide) groups is 1. The Morgan fingerprint density at radius 2 is 1.25 bits per heavy atom. The summed E-state index contributed by atoms with van der Waals surface area (Å²) in [4.78, 5) is 44.1. The second kappa shape index (κ2) is 15.5. The van der Waals surface area contributed by atoms with Crippen LogP contribution in [-0.4, -0.2) is 70.4 Å². The summed E-state index contributed by atoms with van der Waals surface area (Å²) in [5, 5.41) is 10.7. The maximum absolute atomic E-state index is 14.4. The first-order valence-electron chi connectivity index (χ1n) is 17.9. The summed E-state index contributed by atoms with van der Waals surface area (Å²) in [5.74, 6) is -1.44. The third-order valence-electron chi connectivity index (χ3n) is 10.4. The standard InChI is InChI=1S/C44H42N2O5S/c1-2-45(40(42(48)49)30-52-44(31-17-6-3-7-18-31,32-19-8-4-9-20-32)33-21-10-5-11-22-33)41(47)39-27-16-28-46(39)43(50)51-29-38-36-25-14-12-23-34(36)35-24-13-15-26-37(35)38/h3-15,17-26,38-40H,2,16,27-30H2,1H3,(H,48,49)/t39-,40-/m0/s1. The number of ether oxygens (including phenoxy) is 1. The molecule has 0 spiro atoms. The second-order valence-electron chi connectivity index (χ2n) is 13.2. The average molecular weight is 711 g/mol. The zero-order valence-electron chi connectivity index (χ0n) is 29.1. The summed E-state index contributed by atoms with van der Waals surface area (Å²) in [6.45, 7) is 2.50. The van der Waals surface area contributed by atoms with Gasteiger partial charge in [-0.2, -0.15) is 0 Å². The van der Waals surface area contributed by atoms with E-state index in [0.29, 0.717) is 19.4 Å². The third-order valence-corrected chi connectivity index (χ3v) is 12.0. The topological polar surface area (TPSA) is 87.2 Å². The van der Waals surface area contributed by atoms with Crippen molar-refractivity contribution in [3.05, 3.63) is 167 Å². The van der Waals surface area contributed by atoms with E-state index < -0.39 is 28.9 Å². The Kier molecular flexibility index (Phi) is 10.5. The van der Waals surface area contributed by atoms with E-state index in [1.807, 2.05) is 78.9 Å². The highest BCUT2D eigenvalue weighted by Crippen LogP contribution is 2.49. The minimum Gasteiger partial charge on any atom is -0.480 e. The number of likely N-dealkylation sites (tertiary alicyclic amines) is 1. The minimum absolute atomic E-state index is 0.104. The molecule has 0 saturated carbocycles. The number of carboxylic acid groups (broad SMARTS) is 1. The smallest absolute Gasteiger partial charge is 0.410 e. The third kappa shape index (κ3) is 6.59. The molecule has 7 rings (SSSR count). The lowest BCUT2D eigenvalue weighted by Gasteiger charge is -2.38. The number of aliphatic carboxylic acids is 1. The number of fused-ring (bicyclic) bond motifs is 3. The zero-order valence-corrected chi connectivity index (χ0v) is 30.0. The van der Waals surface area contributed by atoms with Gasteiger partial charge in [0.1, 0.15) is 18.7 Å². The van der Waals surface area contributed by atoms with Gasteiger partial charge in [-0.05, 0) is 58.7 Å². The Hall–Kier alpha value is -5.34. The molecular formula is C44H42N2O5S. The molecule has 1 N–H and O–H groups in total. The lowest BCUT2D eigenvalue weighted by atomic mass is 9.84. The number of carbonyl (C=O) groups is 3. The van der Waals surface area contributed by atoms with Crippen molar-refractivity contribution in [1.29, 1.82) is 0 Å². The van der Waals surface area contributed by atoms with E-state index in [1.165, 1.54) is 21.6 Å². The molecule has 2 amide bonds. The van der Waals surface area contributed by atoms with Crippen molar-refractivity contribution < 1.29 is 24.2 Å². The molecule has 7 nitrogen and oxygen atoms in total. The van der Waals surface area contributed by atoms with Crippen molar-refractivity contribution in [3.8, 4) is 11.1 Å². The van der Waals surface area contributed by atoms with Gasteiger partial charge in [-0.3, -0.25) is 9.69 Å². The maximum Gasteiger partial charge on any atom is 0.410 e. The van der Waals surface area contributed by atoms with Crippen LogP contribution in [0.2, 0.25) is 0 Å². The predicted octanol–water partition coefficient (Wildman–Crippen LogP) is 8.43. The average Bonchev–Trinajstić information content (AvgIpc) is 3.81. The van der Waals surface area contributed by atoms with Crippen molar-refractivity contribution >= 4 is 29.7 Å². The van der Waals surface area contributed by atoms with Gasteiger partial charge in [0.15, 0.2) is 0 Å². The highest BCUT2D eigenvalue weighted by atomic mass is 32.2. The first kappa shape index (κ1) is 35.1. The molecule has 5 aromatic carbocycles. The van der Waals surface area contributed by atoms with E-state index in [9.17, 15) is 19.5 Å². The molecule has 0 radical (unpaired) electrons. The Labute approximate surface area is 309 Å². The van der Waals surface area contributed by atoms with Gasteiger partial charge in [-0.25, -0.2) is 9.59 Å². The first-order valence-corrected chi connectivity index (χ1v) is 18.9. The Morgan fingerprint density at radius 1 is 0.769 bits per heavy atom. The summed E-state index contributed by atoms with van der Waals surface area (Å²) in [6, 6.07) is 44.6. The summed E-state index contributed by atoms with van der Waals surface area (Å²) in [5.41, 5.74) is 7.53. The van der Waals surface area contributed by atoms with Gasteiger partial charge in [-0.1, -0.05) is 140 Å². The molecule has 2 atom stereocenters. The molecule has 1 saturated heterocycles. The molecule has 52 heavy (non-hydrogen) atoms. The van der Waals surface area contributed by atoms with Gasteiger partial charge < -0.3 is 14.7 Å². The number of benzene rings is 5. The van der Waals surface area contributed by atoms with Crippen LogP contribution in [0.5, 0.6) is 0 Å². The van der Waals surface area contributed by atoms with Crippen molar-refractivity contribution in [3.63, 3.8) is 0 Å². The van der Waals surface area contributed by atoms with Crippen LogP contribution in [0, 0.1) is 0 Å². The molecule has 1 heterocycles. The van der Waals surface area contributed by atoms with E-state index in [4.69, 9.17) is 4.74 Å². The minimum atomic E-state index is -1.14. The highest BCUT2D eigenvalue weighted by molar-refractivity contribution is 8.00. The van der Waals surface area contributed by atoms with E-state index in [1.54, 1.807) is 6.92 Å². The first-order chi connectivity index (χ1) is 25.4. The largest absolute Gasteiger partial charge is 0.480 e. The van der Waals surface area contributed by atoms with E-state index in [-0.39, 0.29) is 30.7 Å². The Bertz CT molecular complexity index is 1880. The molecule has 0 bridgehead atoms. The van der Waals surface area contributed by atoms with Crippen molar-refractivity contribution in [2.24, 2.45) is 0 Å².